The zero-order chi connectivity index (χ0) is 17.8. The number of morpholine rings is 1. The third-order valence-electron chi connectivity index (χ3n) is 4.84. The summed E-state index contributed by atoms with van der Waals surface area (Å²) in [6.45, 7) is 3.58. The minimum absolute atomic E-state index is 0.0170. The van der Waals surface area contributed by atoms with Gasteiger partial charge < -0.3 is 24.3 Å². The number of likely N-dealkylation sites (tertiary alicyclic amines) is 1. The molecule has 8 nitrogen and oxygen atoms in total. The standard InChI is InChI=1S/C17H26N4O4/c1-19-11-14(18-17(23)21-4-7-24-8-5-21)9-15(19)16(22)20(2)10-13-3-6-25-12-13/h3,6,12,14-15H,4-5,7-11H2,1-2H3,(H,18,23)/t14-,15-/m0/s1. The van der Waals surface area contributed by atoms with Crippen LogP contribution in [-0.4, -0.2) is 85.7 Å². The van der Waals surface area contributed by atoms with Gasteiger partial charge in [-0.15, -0.1) is 0 Å². The molecule has 2 aliphatic heterocycles. The van der Waals surface area contributed by atoms with E-state index < -0.39 is 0 Å². The molecule has 3 amide bonds. The molecule has 0 unspecified atom stereocenters. The molecule has 0 bridgehead atoms. The van der Waals surface area contributed by atoms with Crippen molar-refractivity contribution in [3.63, 3.8) is 0 Å². The molecule has 0 radical (unpaired) electrons. The second-order valence-electron chi connectivity index (χ2n) is 6.76. The first-order chi connectivity index (χ1) is 12.0. The van der Waals surface area contributed by atoms with E-state index in [9.17, 15) is 9.59 Å². The molecule has 1 N–H and O–H groups in total. The first-order valence-electron chi connectivity index (χ1n) is 8.64. The minimum Gasteiger partial charge on any atom is -0.472 e. The Hall–Kier alpha value is -2.06. The predicted molar refractivity (Wildman–Crippen MR) is 90.9 cm³/mol. The number of ether oxygens (including phenoxy) is 1. The van der Waals surface area contributed by atoms with Crippen molar-refractivity contribution in [1.82, 2.24) is 20.0 Å². The van der Waals surface area contributed by atoms with E-state index >= 15 is 0 Å². The van der Waals surface area contributed by atoms with Gasteiger partial charge in [0, 0.05) is 44.8 Å². The van der Waals surface area contributed by atoms with Crippen molar-refractivity contribution in [2.24, 2.45) is 0 Å². The van der Waals surface area contributed by atoms with Crippen LogP contribution in [-0.2, 0) is 16.1 Å². The van der Waals surface area contributed by atoms with Crippen LogP contribution in [0.15, 0.2) is 23.0 Å². The van der Waals surface area contributed by atoms with Crippen LogP contribution in [0.2, 0.25) is 0 Å². The lowest BCUT2D eigenvalue weighted by molar-refractivity contribution is -0.134. The maximum absolute atomic E-state index is 12.7. The van der Waals surface area contributed by atoms with Crippen LogP contribution in [0.5, 0.6) is 0 Å². The number of nitrogens with one attached hydrogen (secondary N) is 1. The summed E-state index contributed by atoms with van der Waals surface area (Å²) in [6, 6.07) is 1.55. The Balaban J connectivity index is 1.51. The van der Waals surface area contributed by atoms with E-state index in [0.717, 1.165) is 5.56 Å². The summed E-state index contributed by atoms with van der Waals surface area (Å²) in [6.07, 6.45) is 3.88. The molecule has 0 aromatic carbocycles. The Morgan fingerprint density at radius 1 is 1.36 bits per heavy atom. The number of carbonyl (C=O) groups excluding carboxylic acids is 2. The molecule has 8 heteroatoms. The van der Waals surface area contributed by atoms with Crippen LogP contribution in [0.25, 0.3) is 0 Å². The zero-order valence-electron chi connectivity index (χ0n) is 14.8. The SMILES string of the molecule is CN(Cc1ccoc1)C(=O)[C@@H]1C[C@H](NC(=O)N2CCOCC2)CN1C. The van der Waals surface area contributed by atoms with Gasteiger partial charge in [0.2, 0.25) is 5.91 Å². The van der Waals surface area contributed by atoms with Crippen LogP contribution in [0.4, 0.5) is 4.79 Å². The molecular weight excluding hydrogens is 324 g/mol. The highest BCUT2D eigenvalue weighted by molar-refractivity contribution is 5.82. The third kappa shape index (κ3) is 4.32. The fraction of sp³-hybridized carbons (Fsp3) is 0.647. The first-order valence-corrected chi connectivity index (χ1v) is 8.64. The predicted octanol–water partition coefficient (Wildman–Crippen LogP) is 0.353. The maximum atomic E-state index is 12.7. The van der Waals surface area contributed by atoms with E-state index in [2.05, 4.69) is 5.32 Å². The number of nitrogens with zero attached hydrogens (tertiary/aromatic N) is 3. The monoisotopic (exact) mass is 350 g/mol. The molecule has 3 rings (SSSR count). The Labute approximate surface area is 147 Å². The summed E-state index contributed by atoms with van der Waals surface area (Å²) in [7, 11) is 3.72. The van der Waals surface area contributed by atoms with Gasteiger partial charge in [-0.3, -0.25) is 9.69 Å². The summed E-state index contributed by atoms with van der Waals surface area (Å²) in [5.41, 5.74) is 0.966. The Morgan fingerprint density at radius 2 is 2.12 bits per heavy atom. The van der Waals surface area contributed by atoms with E-state index in [-0.39, 0.29) is 24.0 Å². The molecule has 0 saturated carbocycles. The van der Waals surface area contributed by atoms with Gasteiger partial charge in [0.05, 0.1) is 31.8 Å². The molecule has 2 atom stereocenters. The number of hydrogen-bond donors (Lipinski definition) is 1. The normalized spacial score (nSPS) is 24.3. The van der Waals surface area contributed by atoms with E-state index in [1.54, 1.807) is 29.4 Å². The van der Waals surface area contributed by atoms with Gasteiger partial charge >= 0.3 is 6.03 Å². The molecule has 1 aromatic rings. The second kappa shape index (κ2) is 7.88. The van der Waals surface area contributed by atoms with Crippen molar-refractivity contribution < 1.29 is 18.7 Å². The number of rotatable bonds is 4. The van der Waals surface area contributed by atoms with E-state index in [1.807, 2.05) is 18.0 Å². The Kier molecular flexibility index (Phi) is 5.60. The molecular formula is C17H26N4O4. The average Bonchev–Trinajstić information content (AvgIpc) is 3.24. The van der Waals surface area contributed by atoms with Gasteiger partial charge in [0.15, 0.2) is 0 Å². The Bertz CT molecular complexity index is 585. The van der Waals surface area contributed by atoms with Crippen molar-refractivity contribution in [2.75, 3.05) is 46.9 Å². The van der Waals surface area contributed by atoms with Gasteiger partial charge in [0.1, 0.15) is 0 Å². The number of hydrogen-bond acceptors (Lipinski definition) is 5. The molecule has 2 aliphatic rings. The van der Waals surface area contributed by atoms with Crippen molar-refractivity contribution in [1.29, 1.82) is 0 Å². The fourth-order valence-corrected chi connectivity index (χ4v) is 3.41. The van der Waals surface area contributed by atoms with Crippen LogP contribution >= 0.6 is 0 Å². The summed E-state index contributed by atoms with van der Waals surface area (Å²) < 4.78 is 10.3. The second-order valence-corrected chi connectivity index (χ2v) is 6.76. The topological polar surface area (TPSA) is 78.3 Å². The van der Waals surface area contributed by atoms with Crippen LogP contribution < -0.4 is 5.32 Å². The molecule has 2 fully saturated rings. The van der Waals surface area contributed by atoms with Crippen molar-refractivity contribution in [3.05, 3.63) is 24.2 Å². The molecule has 3 heterocycles. The third-order valence-corrected chi connectivity index (χ3v) is 4.84. The number of furan rings is 1. The van der Waals surface area contributed by atoms with Crippen molar-refractivity contribution >= 4 is 11.9 Å². The number of likely N-dealkylation sites (N-methyl/N-ethyl adjacent to an activating group) is 2. The maximum Gasteiger partial charge on any atom is 0.317 e. The molecule has 2 saturated heterocycles. The number of urea groups is 1. The summed E-state index contributed by atoms with van der Waals surface area (Å²) in [5, 5.41) is 3.05. The molecule has 138 valence electrons. The number of amides is 3. The Morgan fingerprint density at radius 3 is 2.80 bits per heavy atom. The smallest absolute Gasteiger partial charge is 0.317 e. The molecule has 25 heavy (non-hydrogen) atoms. The lowest BCUT2D eigenvalue weighted by atomic mass is 10.1. The van der Waals surface area contributed by atoms with Gasteiger partial charge in [0.25, 0.3) is 0 Å². The lowest BCUT2D eigenvalue weighted by Gasteiger charge is -2.28. The van der Waals surface area contributed by atoms with Gasteiger partial charge in [-0.25, -0.2) is 4.79 Å². The average molecular weight is 350 g/mol. The highest BCUT2D eigenvalue weighted by Crippen LogP contribution is 2.19. The first kappa shape index (κ1) is 17.8. The van der Waals surface area contributed by atoms with Gasteiger partial charge in [-0.2, -0.15) is 0 Å². The van der Waals surface area contributed by atoms with Crippen molar-refractivity contribution in [2.45, 2.75) is 25.0 Å². The quantitative estimate of drug-likeness (QED) is 0.848. The highest BCUT2D eigenvalue weighted by atomic mass is 16.5. The molecule has 0 spiro atoms. The number of carbonyl (C=O) groups is 2. The van der Waals surface area contributed by atoms with Crippen LogP contribution in [0.3, 0.4) is 0 Å². The summed E-state index contributed by atoms with van der Waals surface area (Å²) >= 11 is 0. The zero-order valence-corrected chi connectivity index (χ0v) is 14.8. The van der Waals surface area contributed by atoms with E-state index in [4.69, 9.17) is 9.15 Å². The summed E-state index contributed by atoms with van der Waals surface area (Å²) in [4.78, 5) is 30.5. The molecule has 0 aliphatic carbocycles. The highest BCUT2D eigenvalue weighted by Gasteiger charge is 2.37. The molecule has 1 aromatic heterocycles. The fourth-order valence-electron chi connectivity index (χ4n) is 3.41. The minimum atomic E-state index is -0.216. The summed E-state index contributed by atoms with van der Waals surface area (Å²) in [5.74, 6) is 0.0619. The van der Waals surface area contributed by atoms with E-state index in [0.29, 0.717) is 45.8 Å². The van der Waals surface area contributed by atoms with Crippen LogP contribution in [0, 0.1) is 0 Å². The van der Waals surface area contributed by atoms with E-state index in [1.165, 1.54) is 0 Å². The largest absolute Gasteiger partial charge is 0.472 e. The van der Waals surface area contributed by atoms with Gasteiger partial charge in [-0.05, 0) is 19.5 Å². The van der Waals surface area contributed by atoms with Crippen LogP contribution in [0.1, 0.15) is 12.0 Å². The van der Waals surface area contributed by atoms with Crippen molar-refractivity contribution in [3.8, 4) is 0 Å². The van der Waals surface area contributed by atoms with Gasteiger partial charge in [-0.1, -0.05) is 0 Å². The lowest BCUT2D eigenvalue weighted by Crippen LogP contribution is -2.49.